The number of aromatic nitrogens is 1. The van der Waals surface area contributed by atoms with Crippen LogP contribution in [0.4, 0.5) is 5.69 Å². The number of nitro groups is 1. The molecule has 6 nitrogen and oxygen atoms in total. The number of amides is 1. The number of hydrogen-bond acceptors (Lipinski definition) is 3. The van der Waals surface area contributed by atoms with Gasteiger partial charge in [-0.2, -0.15) is 0 Å². The third-order valence-corrected chi connectivity index (χ3v) is 3.41. The average molecular weight is 304 g/mol. The molecule has 1 amide bonds. The van der Waals surface area contributed by atoms with Crippen molar-refractivity contribution >= 4 is 27.5 Å². The third kappa shape index (κ3) is 4.18. The van der Waals surface area contributed by atoms with Crippen LogP contribution in [0.25, 0.3) is 0 Å². The smallest absolute Gasteiger partial charge is 0.287 e. The zero-order valence-corrected chi connectivity index (χ0v) is 11.0. The van der Waals surface area contributed by atoms with Gasteiger partial charge in [0.2, 0.25) is 0 Å². The lowest BCUT2D eigenvalue weighted by atomic mass is 10.2. The molecule has 0 bridgehead atoms. The van der Waals surface area contributed by atoms with E-state index in [4.69, 9.17) is 0 Å². The van der Waals surface area contributed by atoms with Gasteiger partial charge in [0, 0.05) is 17.4 Å². The van der Waals surface area contributed by atoms with Crippen LogP contribution in [-0.2, 0) is 0 Å². The van der Waals surface area contributed by atoms with Gasteiger partial charge in [0.05, 0.1) is 11.1 Å². The largest absolute Gasteiger partial charge is 0.351 e. The van der Waals surface area contributed by atoms with Gasteiger partial charge in [-0.15, -0.1) is 0 Å². The minimum atomic E-state index is -0.543. The SMILES string of the molecule is CCC(Br)CCNC(=O)c1cc([N+](=O)[O-])c[nH]1. The molecule has 0 saturated heterocycles. The Bertz CT molecular complexity index is 405. The summed E-state index contributed by atoms with van der Waals surface area (Å²) in [5, 5.41) is 13.1. The number of nitrogens with zero attached hydrogens (tertiary/aromatic N) is 1. The van der Waals surface area contributed by atoms with E-state index < -0.39 is 4.92 Å². The summed E-state index contributed by atoms with van der Waals surface area (Å²) in [4.78, 5) is 24.4. The van der Waals surface area contributed by atoms with Crippen molar-refractivity contribution < 1.29 is 9.72 Å². The fraction of sp³-hybridized carbons (Fsp3) is 0.500. The van der Waals surface area contributed by atoms with Crippen LogP contribution >= 0.6 is 15.9 Å². The monoisotopic (exact) mass is 303 g/mol. The van der Waals surface area contributed by atoms with E-state index in [1.54, 1.807) is 0 Å². The molecule has 0 aliphatic rings. The molecule has 1 rings (SSSR count). The minimum Gasteiger partial charge on any atom is -0.351 e. The van der Waals surface area contributed by atoms with Gasteiger partial charge in [-0.05, 0) is 12.8 Å². The summed E-state index contributed by atoms with van der Waals surface area (Å²) < 4.78 is 0. The number of nitrogens with one attached hydrogen (secondary N) is 2. The van der Waals surface area contributed by atoms with Gasteiger partial charge < -0.3 is 10.3 Å². The van der Waals surface area contributed by atoms with Crippen LogP contribution in [-0.4, -0.2) is 27.2 Å². The fourth-order valence-electron chi connectivity index (χ4n) is 1.26. The van der Waals surface area contributed by atoms with E-state index in [9.17, 15) is 14.9 Å². The van der Waals surface area contributed by atoms with Crippen molar-refractivity contribution in [2.75, 3.05) is 6.54 Å². The molecule has 0 radical (unpaired) electrons. The molecule has 0 spiro atoms. The van der Waals surface area contributed by atoms with E-state index in [0.717, 1.165) is 12.8 Å². The molecule has 0 aliphatic carbocycles. The van der Waals surface area contributed by atoms with Crippen LogP contribution in [0.1, 0.15) is 30.3 Å². The summed E-state index contributed by atoms with van der Waals surface area (Å²) in [7, 11) is 0. The van der Waals surface area contributed by atoms with Crippen molar-refractivity contribution in [2.24, 2.45) is 0 Å². The second kappa shape index (κ2) is 6.39. The van der Waals surface area contributed by atoms with Crippen LogP contribution in [0.5, 0.6) is 0 Å². The Morgan fingerprint density at radius 2 is 2.41 bits per heavy atom. The lowest BCUT2D eigenvalue weighted by molar-refractivity contribution is -0.384. The van der Waals surface area contributed by atoms with Gasteiger partial charge in [0.15, 0.2) is 0 Å². The normalized spacial score (nSPS) is 12.1. The summed E-state index contributed by atoms with van der Waals surface area (Å²) in [5.74, 6) is -0.325. The number of hydrogen-bond donors (Lipinski definition) is 2. The highest BCUT2D eigenvalue weighted by Crippen LogP contribution is 2.12. The van der Waals surface area contributed by atoms with Gasteiger partial charge in [-0.1, -0.05) is 22.9 Å². The molecule has 1 heterocycles. The highest BCUT2D eigenvalue weighted by molar-refractivity contribution is 9.09. The number of carbonyl (C=O) groups excluding carboxylic acids is 1. The fourth-order valence-corrected chi connectivity index (χ4v) is 1.49. The molecule has 0 saturated carbocycles. The second-order valence-electron chi connectivity index (χ2n) is 3.58. The number of rotatable bonds is 6. The average Bonchev–Trinajstić information content (AvgIpc) is 2.78. The van der Waals surface area contributed by atoms with Crippen LogP contribution in [0.2, 0.25) is 0 Å². The number of aromatic amines is 1. The quantitative estimate of drug-likeness (QED) is 0.480. The lowest BCUT2D eigenvalue weighted by Gasteiger charge is -2.07. The standard InChI is InChI=1S/C10H14BrN3O3/c1-2-7(11)3-4-12-10(15)9-5-8(6-13-9)14(16)17/h5-7,13H,2-4H2,1H3,(H,12,15). The molecule has 0 fully saturated rings. The Kier molecular flexibility index (Phi) is 5.14. The zero-order valence-electron chi connectivity index (χ0n) is 9.40. The maximum atomic E-state index is 11.6. The Morgan fingerprint density at radius 1 is 1.71 bits per heavy atom. The predicted molar refractivity (Wildman–Crippen MR) is 67.4 cm³/mol. The topological polar surface area (TPSA) is 88.0 Å². The molecule has 0 aliphatic heterocycles. The third-order valence-electron chi connectivity index (χ3n) is 2.31. The van der Waals surface area contributed by atoms with E-state index in [2.05, 4.69) is 33.2 Å². The maximum absolute atomic E-state index is 11.6. The van der Waals surface area contributed by atoms with E-state index in [1.165, 1.54) is 12.3 Å². The van der Waals surface area contributed by atoms with Crippen LogP contribution < -0.4 is 5.32 Å². The molecule has 1 aromatic rings. The van der Waals surface area contributed by atoms with Gasteiger partial charge in [0.25, 0.3) is 11.6 Å². The molecule has 2 N–H and O–H groups in total. The Labute approximate surface area is 107 Å². The van der Waals surface area contributed by atoms with Crippen molar-refractivity contribution in [3.05, 3.63) is 28.1 Å². The molecule has 1 unspecified atom stereocenters. The van der Waals surface area contributed by atoms with Gasteiger partial charge in [-0.3, -0.25) is 14.9 Å². The summed E-state index contributed by atoms with van der Waals surface area (Å²) in [6, 6.07) is 1.22. The van der Waals surface area contributed by atoms with Crippen molar-refractivity contribution in [2.45, 2.75) is 24.6 Å². The number of H-pyrrole nitrogens is 1. The van der Waals surface area contributed by atoms with Crippen molar-refractivity contribution in [1.29, 1.82) is 0 Å². The molecule has 7 heteroatoms. The van der Waals surface area contributed by atoms with Gasteiger partial charge in [-0.25, -0.2) is 0 Å². The molecular formula is C10H14BrN3O3. The van der Waals surface area contributed by atoms with E-state index in [-0.39, 0.29) is 17.3 Å². The van der Waals surface area contributed by atoms with Gasteiger partial charge in [0.1, 0.15) is 5.69 Å². The summed E-state index contributed by atoms with van der Waals surface area (Å²) >= 11 is 3.46. The Balaban J connectivity index is 2.44. The molecule has 0 aromatic carbocycles. The van der Waals surface area contributed by atoms with E-state index in [0.29, 0.717) is 11.4 Å². The van der Waals surface area contributed by atoms with Crippen molar-refractivity contribution in [3.63, 3.8) is 0 Å². The summed E-state index contributed by atoms with van der Waals surface area (Å²) in [5.41, 5.74) is 0.0985. The molecular weight excluding hydrogens is 290 g/mol. The predicted octanol–water partition coefficient (Wildman–Crippen LogP) is 2.22. The molecule has 94 valence electrons. The van der Waals surface area contributed by atoms with Crippen LogP contribution in [0.15, 0.2) is 12.3 Å². The van der Waals surface area contributed by atoms with Crippen molar-refractivity contribution in [1.82, 2.24) is 10.3 Å². The van der Waals surface area contributed by atoms with E-state index in [1.807, 2.05) is 0 Å². The number of halogens is 1. The molecule has 1 atom stereocenters. The van der Waals surface area contributed by atoms with Crippen LogP contribution in [0.3, 0.4) is 0 Å². The number of carbonyl (C=O) groups is 1. The zero-order chi connectivity index (χ0) is 12.8. The van der Waals surface area contributed by atoms with E-state index >= 15 is 0 Å². The van der Waals surface area contributed by atoms with Crippen molar-refractivity contribution in [3.8, 4) is 0 Å². The minimum absolute atomic E-state index is 0.109. The maximum Gasteiger partial charge on any atom is 0.287 e. The first-order valence-corrected chi connectivity index (χ1v) is 6.21. The molecule has 17 heavy (non-hydrogen) atoms. The first-order valence-electron chi connectivity index (χ1n) is 5.29. The number of alkyl halides is 1. The molecule has 1 aromatic heterocycles. The van der Waals surface area contributed by atoms with Crippen LogP contribution in [0, 0.1) is 10.1 Å². The second-order valence-corrected chi connectivity index (χ2v) is 4.87. The Morgan fingerprint density at radius 3 is 2.94 bits per heavy atom. The lowest BCUT2D eigenvalue weighted by Crippen LogP contribution is -2.26. The van der Waals surface area contributed by atoms with Gasteiger partial charge >= 0.3 is 0 Å². The summed E-state index contributed by atoms with van der Waals surface area (Å²) in [6.07, 6.45) is 3.02. The Hall–Kier alpha value is -1.37. The first-order chi connectivity index (χ1) is 8.04. The summed E-state index contributed by atoms with van der Waals surface area (Å²) in [6.45, 7) is 2.59. The highest BCUT2D eigenvalue weighted by atomic mass is 79.9. The first kappa shape index (κ1) is 13.7. The highest BCUT2D eigenvalue weighted by Gasteiger charge is 2.14.